The molecule has 0 aliphatic heterocycles. The van der Waals surface area contributed by atoms with E-state index < -0.39 is 5.97 Å². The lowest BCUT2D eigenvalue weighted by Gasteiger charge is -2.01. The van der Waals surface area contributed by atoms with Gasteiger partial charge in [0.2, 0.25) is 5.76 Å². The van der Waals surface area contributed by atoms with Crippen molar-refractivity contribution in [3.63, 3.8) is 0 Å². The van der Waals surface area contributed by atoms with Gasteiger partial charge in [-0.25, -0.2) is 4.79 Å². The van der Waals surface area contributed by atoms with Crippen molar-refractivity contribution in [2.75, 3.05) is 6.61 Å². The number of halogens is 2. The molecule has 0 unspecified atom stereocenters. The Hall–Kier alpha value is -1.52. The van der Waals surface area contributed by atoms with Gasteiger partial charge in [-0.2, -0.15) is 0 Å². The maximum atomic E-state index is 11.6. The van der Waals surface area contributed by atoms with Crippen LogP contribution in [-0.2, 0) is 4.74 Å². The first kappa shape index (κ1) is 13.9. The van der Waals surface area contributed by atoms with Crippen molar-refractivity contribution < 1.29 is 13.9 Å². The predicted molar refractivity (Wildman–Crippen MR) is 77.3 cm³/mol. The minimum Gasteiger partial charge on any atom is -0.456 e. The number of hydrogen-bond acceptors (Lipinski definition) is 3. The van der Waals surface area contributed by atoms with Gasteiger partial charge < -0.3 is 9.15 Å². The molecule has 0 spiro atoms. The van der Waals surface area contributed by atoms with Gasteiger partial charge in [0.1, 0.15) is 12.4 Å². The summed E-state index contributed by atoms with van der Waals surface area (Å²) in [5, 5.41) is 0.537. The van der Waals surface area contributed by atoms with E-state index in [0.29, 0.717) is 16.3 Å². The summed E-state index contributed by atoms with van der Waals surface area (Å²) in [5.41, 5.74) is 0.715. The molecule has 1 aromatic carbocycles. The molecule has 0 saturated heterocycles. The Morgan fingerprint density at radius 3 is 2.89 bits per heavy atom. The summed E-state index contributed by atoms with van der Waals surface area (Å²) in [7, 11) is 0. The summed E-state index contributed by atoms with van der Waals surface area (Å²) in [5.74, 6) is 0.123. The van der Waals surface area contributed by atoms with Crippen molar-refractivity contribution in [1.82, 2.24) is 0 Å². The molecule has 0 atom stereocenters. The summed E-state index contributed by atoms with van der Waals surface area (Å²) in [6.45, 7) is 3.62. The zero-order chi connectivity index (χ0) is 13.8. The molecule has 1 heterocycles. The van der Waals surface area contributed by atoms with E-state index in [-0.39, 0.29) is 12.4 Å². The summed E-state index contributed by atoms with van der Waals surface area (Å²) in [6, 6.07) is 8.65. The van der Waals surface area contributed by atoms with Gasteiger partial charge in [-0.3, -0.25) is 0 Å². The average Bonchev–Trinajstić information content (AvgIpc) is 2.85. The third kappa shape index (κ3) is 3.28. The fourth-order valence-electron chi connectivity index (χ4n) is 1.49. The number of benzene rings is 1. The highest BCUT2D eigenvalue weighted by atomic mass is 79.9. The van der Waals surface area contributed by atoms with Crippen LogP contribution in [0.5, 0.6) is 0 Å². The Kier molecular flexibility index (Phi) is 4.45. The second-order valence-corrected chi connectivity index (χ2v) is 5.00. The number of hydrogen-bond donors (Lipinski definition) is 0. The highest BCUT2D eigenvalue weighted by Gasteiger charge is 2.14. The lowest BCUT2D eigenvalue weighted by Crippen LogP contribution is -2.03. The molecule has 0 aliphatic rings. The summed E-state index contributed by atoms with van der Waals surface area (Å²) in [4.78, 5) is 11.6. The molecule has 0 N–H and O–H groups in total. The van der Waals surface area contributed by atoms with E-state index >= 15 is 0 Å². The van der Waals surface area contributed by atoms with E-state index in [0.717, 1.165) is 4.47 Å². The highest BCUT2D eigenvalue weighted by Crippen LogP contribution is 2.31. The summed E-state index contributed by atoms with van der Waals surface area (Å²) >= 11 is 9.44. The van der Waals surface area contributed by atoms with Crippen molar-refractivity contribution in [3.8, 4) is 11.3 Å². The van der Waals surface area contributed by atoms with E-state index in [9.17, 15) is 4.79 Å². The van der Waals surface area contributed by atoms with Crippen LogP contribution in [0.1, 0.15) is 10.6 Å². The van der Waals surface area contributed by atoms with Gasteiger partial charge in [-0.15, -0.1) is 0 Å². The third-order valence-electron chi connectivity index (χ3n) is 2.34. The van der Waals surface area contributed by atoms with Crippen LogP contribution >= 0.6 is 27.5 Å². The molecule has 0 saturated carbocycles. The second kappa shape index (κ2) is 6.08. The maximum absolute atomic E-state index is 11.6. The minimum atomic E-state index is -0.528. The standard InChI is InChI=1S/C14H10BrClO3/c1-2-7-18-14(17)13-6-5-12(19-13)10-4-3-9(15)8-11(10)16/h2-6,8H,1,7H2. The van der Waals surface area contributed by atoms with Crippen LogP contribution < -0.4 is 0 Å². The Balaban J connectivity index is 2.25. The smallest absolute Gasteiger partial charge is 0.374 e. The fourth-order valence-corrected chi connectivity index (χ4v) is 2.25. The quantitative estimate of drug-likeness (QED) is 0.597. The first-order chi connectivity index (χ1) is 9.11. The molecule has 0 radical (unpaired) electrons. The largest absolute Gasteiger partial charge is 0.456 e. The lowest BCUT2D eigenvalue weighted by atomic mass is 10.2. The van der Waals surface area contributed by atoms with Crippen molar-refractivity contribution in [2.45, 2.75) is 0 Å². The van der Waals surface area contributed by atoms with E-state index in [2.05, 4.69) is 22.5 Å². The molecule has 0 bridgehead atoms. The maximum Gasteiger partial charge on any atom is 0.374 e. The molecule has 2 rings (SSSR count). The lowest BCUT2D eigenvalue weighted by molar-refractivity contribution is 0.0514. The van der Waals surface area contributed by atoms with Gasteiger partial charge in [0.25, 0.3) is 0 Å². The number of carbonyl (C=O) groups excluding carboxylic acids is 1. The minimum absolute atomic E-state index is 0.135. The number of carbonyl (C=O) groups is 1. The first-order valence-corrected chi connectivity index (χ1v) is 6.62. The van der Waals surface area contributed by atoms with Gasteiger partial charge in [0, 0.05) is 10.0 Å². The molecule has 3 nitrogen and oxygen atoms in total. The van der Waals surface area contributed by atoms with Gasteiger partial charge in [0.05, 0.1) is 5.02 Å². The average molecular weight is 342 g/mol. The number of furan rings is 1. The van der Waals surface area contributed by atoms with E-state index in [1.807, 2.05) is 12.1 Å². The zero-order valence-electron chi connectivity index (χ0n) is 9.86. The van der Waals surface area contributed by atoms with Crippen LogP contribution in [0.4, 0.5) is 0 Å². The normalized spacial score (nSPS) is 10.2. The van der Waals surface area contributed by atoms with E-state index in [1.165, 1.54) is 6.08 Å². The Morgan fingerprint density at radius 2 is 2.21 bits per heavy atom. The molecule has 0 amide bonds. The molecule has 98 valence electrons. The van der Waals surface area contributed by atoms with Crippen LogP contribution in [0, 0.1) is 0 Å². The molecule has 0 fully saturated rings. The fraction of sp³-hybridized carbons (Fsp3) is 0.0714. The highest BCUT2D eigenvalue weighted by molar-refractivity contribution is 9.10. The van der Waals surface area contributed by atoms with Crippen LogP contribution in [0.3, 0.4) is 0 Å². The van der Waals surface area contributed by atoms with Crippen molar-refractivity contribution in [2.24, 2.45) is 0 Å². The van der Waals surface area contributed by atoms with E-state index in [1.54, 1.807) is 18.2 Å². The topological polar surface area (TPSA) is 39.4 Å². The summed E-state index contributed by atoms with van der Waals surface area (Å²) in [6.07, 6.45) is 1.49. The SMILES string of the molecule is C=CCOC(=O)c1ccc(-c2ccc(Br)cc2Cl)o1. The number of rotatable bonds is 4. The molecular formula is C14H10BrClO3. The third-order valence-corrected chi connectivity index (χ3v) is 3.14. The van der Waals surface area contributed by atoms with Gasteiger partial charge >= 0.3 is 5.97 Å². The Labute approximate surface area is 123 Å². The molecule has 19 heavy (non-hydrogen) atoms. The number of ether oxygens (including phenoxy) is 1. The van der Waals surface area contributed by atoms with Gasteiger partial charge in [-0.1, -0.05) is 40.2 Å². The zero-order valence-corrected chi connectivity index (χ0v) is 12.2. The molecule has 1 aromatic heterocycles. The van der Waals surface area contributed by atoms with Crippen LogP contribution in [0.2, 0.25) is 5.02 Å². The Morgan fingerprint density at radius 1 is 1.42 bits per heavy atom. The monoisotopic (exact) mass is 340 g/mol. The van der Waals surface area contributed by atoms with Crippen LogP contribution in [-0.4, -0.2) is 12.6 Å². The molecular weight excluding hydrogens is 332 g/mol. The second-order valence-electron chi connectivity index (χ2n) is 3.68. The summed E-state index contributed by atoms with van der Waals surface area (Å²) < 4.78 is 11.2. The molecule has 0 aliphatic carbocycles. The van der Waals surface area contributed by atoms with Crippen molar-refractivity contribution in [3.05, 3.63) is 58.2 Å². The van der Waals surface area contributed by atoms with Crippen LogP contribution in [0.25, 0.3) is 11.3 Å². The Bertz CT molecular complexity index is 619. The van der Waals surface area contributed by atoms with Crippen LogP contribution in [0.15, 0.2) is 51.9 Å². The van der Waals surface area contributed by atoms with E-state index in [4.69, 9.17) is 20.8 Å². The van der Waals surface area contributed by atoms with Crippen molar-refractivity contribution in [1.29, 1.82) is 0 Å². The number of esters is 1. The van der Waals surface area contributed by atoms with Gasteiger partial charge in [-0.05, 0) is 30.3 Å². The molecule has 2 aromatic rings. The predicted octanol–water partition coefficient (Wildman–Crippen LogP) is 4.71. The van der Waals surface area contributed by atoms with Gasteiger partial charge in [0.15, 0.2) is 0 Å². The molecule has 5 heteroatoms. The first-order valence-electron chi connectivity index (χ1n) is 5.45. The van der Waals surface area contributed by atoms with Crippen molar-refractivity contribution >= 4 is 33.5 Å².